The fourth-order valence-electron chi connectivity index (χ4n) is 4.20. The molecule has 0 amide bonds. The van der Waals surface area contributed by atoms with Crippen LogP contribution in [0.15, 0.2) is 18.2 Å². The highest BCUT2D eigenvalue weighted by Crippen LogP contribution is 2.73. The van der Waals surface area contributed by atoms with Gasteiger partial charge < -0.3 is 10.1 Å². The minimum atomic E-state index is 0.507. The van der Waals surface area contributed by atoms with Crippen molar-refractivity contribution in [3.05, 3.63) is 29.3 Å². The molecule has 1 N–H and O–H groups in total. The van der Waals surface area contributed by atoms with Crippen LogP contribution in [0.1, 0.15) is 30.4 Å². The second kappa shape index (κ2) is 3.49. The Morgan fingerprint density at radius 3 is 2.53 bits per heavy atom. The number of hydrogen-bond acceptors (Lipinski definition) is 2. The molecule has 2 bridgehead atoms. The normalized spacial score (nSPS) is 33.8. The van der Waals surface area contributed by atoms with Gasteiger partial charge in [0.2, 0.25) is 0 Å². The first kappa shape index (κ1) is 11.1. The van der Waals surface area contributed by atoms with Crippen molar-refractivity contribution in [1.82, 2.24) is 5.32 Å². The van der Waals surface area contributed by atoms with Crippen molar-refractivity contribution in [2.24, 2.45) is 5.41 Å². The first-order valence-electron chi connectivity index (χ1n) is 6.43. The van der Waals surface area contributed by atoms with E-state index in [1.54, 1.807) is 12.7 Å². The van der Waals surface area contributed by atoms with Crippen molar-refractivity contribution in [2.45, 2.75) is 31.6 Å². The number of aryl methyl sites for hydroxylation is 1. The first-order valence-corrected chi connectivity index (χ1v) is 6.43. The zero-order chi connectivity index (χ0) is 12.1. The summed E-state index contributed by atoms with van der Waals surface area (Å²) < 4.78 is 5.28. The molecule has 0 aliphatic heterocycles. The predicted molar refractivity (Wildman–Crippen MR) is 69.6 cm³/mol. The van der Waals surface area contributed by atoms with Gasteiger partial charge in [0.25, 0.3) is 0 Å². The monoisotopic (exact) mass is 231 g/mol. The molecule has 3 aliphatic rings. The lowest BCUT2D eigenvalue weighted by molar-refractivity contribution is -0.137. The summed E-state index contributed by atoms with van der Waals surface area (Å²) in [6.07, 6.45) is 4.11. The molecule has 2 heteroatoms. The highest BCUT2D eigenvalue weighted by molar-refractivity contribution is 5.46. The zero-order valence-corrected chi connectivity index (χ0v) is 11.0. The fraction of sp³-hybridized carbons (Fsp3) is 0.600. The number of rotatable bonds is 4. The molecule has 4 rings (SSSR count). The SMILES string of the molecule is CNCC12CC(c3ccc(OC)cc3C)(C1)C2. The van der Waals surface area contributed by atoms with Crippen molar-refractivity contribution in [3.63, 3.8) is 0 Å². The van der Waals surface area contributed by atoms with Crippen molar-refractivity contribution in [1.29, 1.82) is 0 Å². The Bertz CT molecular complexity index is 432. The van der Waals surface area contributed by atoms with Crippen LogP contribution in [-0.2, 0) is 5.41 Å². The Balaban J connectivity index is 1.80. The number of methoxy groups -OCH3 is 1. The van der Waals surface area contributed by atoms with Crippen molar-refractivity contribution in [2.75, 3.05) is 20.7 Å². The summed E-state index contributed by atoms with van der Waals surface area (Å²) >= 11 is 0. The highest BCUT2D eigenvalue weighted by Gasteiger charge is 2.67. The second-order valence-corrected chi connectivity index (χ2v) is 6.02. The summed E-state index contributed by atoms with van der Waals surface area (Å²) in [6.45, 7) is 3.40. The summed E-state index contributed by atoms with van der Waals surface area (Å²) in [5.41, 5.74) is 4.08. The first-order chi connectivity index (χ1) is 8.13. The van der Waals surface area contributed by atoms with Gasteiger partial charge in [-0.2, -0.15) is 0 Å². The molecular formula is C15H21NO. The lowest BCUT2D eigenvalue weighted by atomic mass is 9.33. The molecule has 1 aromatic carbocycles. The third-order valence-corrected chi connectivity index (χ3v) is 4.70. The van der Waals surface area contributed by atoms with E-state index >= 15 is 0 Å². The number of ether oxygens (including phenoxy) is 1. The molecule has 92 valence electrons. The van der Waals surface area contributed by atoms with Gasteiger partial charge in [0, 0.05) is 6.54 Å². The molecular weight excluding hydrogens is 210 g/mol. The Kier molecular flexibility index (Phi) is 2.27. The van der Waals surface area contributed by atoms with Crippen molar-refractivity contribution >= 4 is 0 Å². The van der Waals surface area contributed by atoms with Crippen LogP contribution in [0.2, 0.25) is 0 Å². The van der Waals surface area contributed by atoms with E-state index in [1.165, 1.54) is 31.4 Å². The largest absolute Gasteiger partial charge is 0.497 e. The molecule has 2 nitrogen and oxygen atoms in total. The molecule has 0 spiro atoms. The van der Waals surface area contributed by atoms with Crippen LogP contribution in [0, 0.1) is 12.3 Å². The maximum absolute atomic E-state index is 5.28. The van der Waals surface area contributed by atoms with E-state index in [0.717, 1.165) is 5.75 Å². The average Bonchev–Trinajstić information content (AvgIpc) is 2.22. The van der Waals surface area contributed by atoms with E-state index in [1.807, 2.05) is 0 Å². The molecule has 1 aromatic rings. The lowest BCUT2D eigenvalue weighted by Gasteiger charge is -2.71. The molecule has 0 radical (unpaired) electrons. The van der Waals surface area contributed by atoms with Crippen molar-refractivity contribution < 1.29 is 4.74 Å². The molecule has 17 heavy (non-hydrogen) atoms. The van der Waals surface area contributed by atoms with Gasteiger partial charge in [-0.1, -0.05) is 6.07 Å². The van der Waals surface area contributed by atoms with Crippen LogP contribution < -0.4 is 10.1 Å². The van der Waals surface area contributed by atoms with E-state index in [0.29, 0.717) is 10.8 Å². The van der Waals surface area contributed by atoms with Crippen LogP contribution >= 0.6 is 0 Å². The predicted octanol–water partition coefficient (Wildman–Crippen LogP) is 2.64. The summed E-state index contributed by atoms with van der Waals surface area (Å²) in [5.74, 6) is 0.975. The van der Waals surface area contributed by atoms with Gasteiger partial charge in [0.1, 0.15) is 5.75 Å². The Labute approximate surface area is 103 Å². The molecule has 3 fully saturated rings. The van der Waals surface area contributed by atoms with E-state index in [-0.39, 0.29) is 0 Å². The molecule has 0 unspecified atom stereocenters. The van der Waals surface area contributed by atoms with Gasteiger partial charge in [-0.05, 0) is 67.3 Å². The number of nitrogens with one attached hydrogen (secondary N) is 1. The second-order valence-electron chi connectivity index (χ2n) is 6.02. The Morgan fingerprint density at radius 1 is 1.29 bits per heavy atom. The van der Waals surface area contributed by atoms with Gasteiger partial charge in [-0.25, -0.2) is 0 Å². The van der Waals surface area contributed by atoms with Gasteiger partial charge in [-0.15, -0.1) is 0 Å². The molecule has 0 aromatic heterocycles. The number of hydrogen-bond donors (Lipinski definition) is 1. The van der Waals surface area contributed by atoms with Gasteiger partial charge in [0.05, 0.1) is 7.11 Å². The third-order valence-electron chi connectivity index (χ3n) is 4.70. The van der Waals surface area contributed by atoms with E-state index in [9.17, 15) is 0 Å². The van der Waals surface area contributed by atoms with Crippen LogP contribution in [-0.4, -0.2) is 20.7 Å². The quantitative estimate of drug-likeness (QED) is 0.860. The smallest absolute Gasteiger partial charge is 0.119 e. The summed E-state index contributed by atoms with van der Waals surface area (Å²) in [7, 11) is 3.79. The van der Waals surface area contributed by atoms with Gasteiger partial charge >= 0.3 is 0 Å². The molecule has 0 saturated heterocycles. The van der Waals surface area contributed by atoms with Crippen LogP contribution in [0.3, 0.4) is 0 Å². The Hall–Kier alpha value is -1.02. The molecule has 0 heterocycles. The molecule has 0 atom stereocenters. The fourth-order valence-corrected chi connectivity index (χ4v) is 4.20. The topological polar surface area (TPSA) is 21.3 Å². The van der Waals surface area contributed by atoms with E-state index < -0.39 is 0 Å². The zero-order valence-electron chi connectivity index (χ0n) is 11.0. The highest BCUT2D eigenvalue weighted by atomic mass is 16.5. The van der Waals surface area contributed by atoms with Gasteiger partial charge in [0.15, 0.2) is 0 Å². The maximum atomic E-state index is 5.28. The van der Waals surface area contributed by atoms with Crippen molar-refractivity contribution in [3.8, 4) is 5.75 Å². The maximum Gasteiger partial charge on any atom is 0.119 e. The average molecular weight is 231 g/mol. The summed E-state index contributed by atoms with van der Waals surface area (Å²) in [6, 6.07) is 6.55. The van der Waals surface area contributed by atoms with Crippen LogP contribution in [0.25, 0.3) is 0 Å². The van der Waals surface area contributed by atoms with Gasteiger partial charge in [-0.3, -0.25) is 0 Å². The minimum absolute atomic E-state index is 0.507. The summed E-state index contributed by atoms with van der Waals surface area (Å²) in [5, 5.41) is 3.33. The van der Waals surface area contributed by atoms with E-state index in [4.69, 9.17) is 4.74 Å². The minimum Gasteiger partial charge on any atom is -0.497 e. The number of benzene rings is 1. The lowest BCUT2D eigenvalue weighted by Crippen LogP contribution is -2.67. The summed E-state index contributed by atoms with van der Waals surface area (Å²) in [4.78, 5) is 0. The van der Waals surface area contributed by atoms with E-state index in [2.05, 4.69) is 37.5 Å². The molecule has 3 aliphatic carbocycles. The third kappa shape index (κ3) is 1.43. The molecule has 3 saturated carbocycles. The van der Waals surface area contributed by atoms with Crippen LogP contribution in [0.4, 0.5) is 0 Å². The Morgan fingerprint density at radius 2 is 2.00 bits per heavy atom. The van der Waals surface area contributed by atoms with Crippen LogP contribution in [0.5, 0.6) is 5.75 Å². The standard InChI is InChI=1S/C15H21NO/c1-11-6-12(17-3)4-5-13(11)15-7-14(8-15,9-15)10-16-2/h4-6,16H,7-10H2,1-3H3.